The van der Waals surface area contributed by atoms with E-state index >= 15 is 0 Å². The zero-order valence-corrected chi connectivity index (χ0v) is 9.12. The SMILES string of the molecule is CC1(Cn2[nH]nnc2=S)CCCS1. The number of H-pyrrole nitrogens is 1. The molecule has 0 radical (unpaired) electrons. The van der Waals surface area contributed by atoms with Crippen molar-refractivity contribution >= 4 is 24.0 Å². The van der Waals surface area contributed by atoms with Crippen LogP contribution >= 0.6 is 24.0 Å². The summed E-state index contributed by atoms with van der Waals surface area (Å²) in [7, 11) is 0. The molecule has 72 valence electrons. The van der Waals surface area contributed by atoms with E-state index in [2.05, 4.69) is 22.4 Å². The summed E-state index contributed by atoms with van der Waals surface area (Å²) in [6.45, 7) is 3.16. The molecule has 0 bridgehead atoms. The largest absolute Gasteiger partial charge is 0.241 e. The molecule has 0 saturated carbocycles. The maximum atomic E-state index is 5.02. The van der Waals surface area contributed by atoms with Crippen LogP contribution in [0.4, 0.5) is 0 Å². The molecular weight excluding hydrogens is 204 g/mol. The van der Waals surface area contributed by atoms with Gasteiger partial charge < -0.3 is 0 Å². The number of thioether (sulfide) groups is 1. The molecule has 1 fully saturated rings. The number of hydrogen-bond donors (Lipinski definition) is 1. The van der Waals surface area contributed by atoms with Gasteiger partial charge in [0.05, 0.1) is 6.54 Å². The molecule has 0 spiro atoms. The van der Waals surface area contributed by atoms with Gasteiger partial charge in [0.15, 0.2) is 0 Å². The molecule has 6 heteroatoms. The van der Waals surface area contributed by atoms with Crippen LogP contribution < -0.4 is 0 Å². The van der Waals surface area contributed by atoms with Gasteiger partial charge in [0.1, 0.15) is 0 Å². The Morgan fingerprint density at radius 3 is 3.15 bits per heavy atom. The fraction of sp³-hybridized carbons (Fsp3) is 0.857. The summed E-state index contributed by atoms with van der Waals surface area (Å²) in [6.07, 6.45) is 2.55. The summed E-state index contributed by atoms with van der Waals surface area (Å²) < 4.78 is 2.70. The van der Waals surface area contributed by atoms with Gasteiger partial charge in [0, 0.05) is 4.75 Å². The smallest absolute Gasteiger partial charge is 0.238 e. The van der Waals surface area contributed by atoms with E-state index in [1.165, 1.54) is 18.6 Å². The van der Waals surface area contributed by atoms with Gasteiger partial charge in [0.25, 0.3) is 0 Å². The molecule has 0 amide bonds. The first kappa shape index (κ1) is 9.21. The van der Waals surface area contributed by atoms with Crippen LogP contribution in [0.5, 0.6) is 0 Å². The summed E-state index contributed by atoms with van der Waals surface area (Å²) >= 11 is 7.03. The zero-order valence-electron chi connectivity index (χ0n) is 7.49. The van der Waals surface area contributed by atoms with Crippen LogP contribution in [0.2, 0.25) is 0 Å². The molecule has 0 aromatic carbocycles. The normalized spacial score (nSPS) is 28.1. The van der Waals surface area contributed by atoms with Crippen LogP contribution in [0.15, 0.2) is 0 Å². The first-order valence-corrected chi connectivity index (χ1v) is 5.71. The van der Waals surface area contributed by atoms with Gasteiger partial charge in [-0.3, -0.25) is 0 Å². The molecule has 1 aliphatic heterocycles. The molecule has 4 nitrogen and oxygen atoms in total. The Labute approximate surface area is 86.1 Å². The minimum Gasteiger partial charge on any atom is -0.241 e. The molecule has 1 saturated heterocycles. The Balaban J connectivity index is 2.13. The van der Waals surface area contributed by atoms with Crippen molar-refractivity contribution in [3.05, 3.63) is 4.77 Å². The van der Waals surface area contributed by atoms with Crippen molar-refractivity contribution in [1.82, 2.24) is 20.2 Å². The predicted molar refractivity (Wildman–Crippen MR) is 55.3 cm³/mol. The zero-order chi connectivity index (χ0) is 9.31. The molecule has 1 aliphatic rings. The van der Waals surface area contributed by atoms with E-state index in [1.54, 1.807) is 0 Å². The van der Waals surface area contributed by atoms with Crippen LogP contribution in [-0.2, 0) is 6.54 Å². The van der Waals surface area contributed by atoms with Crippen molar-refractivity contribution in [3.63, 3.8) is 0 Å². The summed E-state index contributed by atoms with van der Waals surface area (Å²) in [5, 5.41) is 10.2. The van der Waals surface area contributed by atoms with Crippen molar-refractivity contribution in [1.29, 1.82) is 0 Å². The number of hydrogen-bond acceptors (Lipinski definition) is 4. The summed E-state index contributed by atoms with van der Waals surface area (Å²) in [5.74, 6) is 1.26. The number of nitrogens with one attached hydrogen (secondary N) is 1. The Bertz CT molecular complexity index is 336. The lowest BCUT2D eigenvalue weighted by Crippen LogP contribution is -2.24. The highest BCUT2D eigenvalue weighted by Crippen LogP contribution is 2.38. The lowest BCUT2D eigenvalue weighted by Gasteiger charge is -2.21. The second-order valence-corrected chi connectivity index (χ2v) is 5.62. The van der Waals surface area contributed by atoms with Crippen LogP contribution in [0, 0.1) is 4.77 Å². The van der Waals surface area contributed by atoms with E-state index in [0.29, 0.717) is 9.52 Å². The minimum atomic E-state index is 0.312. The van der Waals surface area contributed by atoms with Gasteiger partial charge in [-0.1, -0.05) is 10.3 Å². The van der Waals surface area contributed by atoms with Gasteiger partial charge in [-0.25, -0.2) is 4.68 Å². The van der Waals surface area contributed by atoms with Crippen molar-refractivity contribution in [2.45, 2.75) is 31.1 Å². The van der Waals surface area contributed by atoms with Crippen molar-refractivity contribution in [2.75, 3.05) is 5.75 Å². The van der Waals surface area contributed by atoms with Crippen LogP contribution in [-0.4, -0.2) is 30.7 Å². The highest BCUT2D eigenvalue weighted by molar-refractivity contribution is 8.00. The number of tetrazole rings is 1. The molecule has 2 rings (SSSR count). The second-order valence-electron chi connectivity index (χ2n) is 3.57. The van der Waals surface area contributed by atoms with E-state index < -0.39 is 0 Å². The van der Waals surface area contributed by atoms with Gasteiger partial charge in [0.2, 0.25) is 4.77 Å². The number of rotatable bonds is 2. The lowest BCUT2D eigenvalue weighted by molar-refractivity contribution is 0.463. The molecule has 2 heterocycles. The first-order valence-electron chi connectivity index (χ1n) is 4.31. The van der Waals surface area contributed by atoms with Crippen molar-refractivity contribution in [2.24, 2.45) is 0 Å². The molecular formula is C7H12N4S2. The van der Waals surface area contributed by atoms with E-state index in [0.717, 1.165) is 6.54 Å². The van der Waals surface area contributed by atoms with Crippen molar-refractivity contribution < 1.29 is 0 Å². The number of aromatic nitrogens is 4. The quantitative estimate of drug-likeness (QED) is 0.763. The van der Waals surface area contributed by atoms with Crippen LogP contribution in [0.1, 0.15) is 19.8 Å². The Kier molecular flexibility index (Phi) is 2.42. The van der Waals surface area contributed by atoms with E-state index in [1.807, 2.05) is 16.4 Å². The standard InChI is InChI=1S/C7H12N4S2/c1-7(3-2-4-13-7)5-11-6(12)8-9-10-11/h2-5H2,1H3,(H,8,10,12). The van der Waals surface area contributed by atoms with Gasteiger partial charge in [-0.2, -0.15) is 17.0 Å². The van der Waals surface area contributed by atoms with Crippen LogP contribution in [0.25, 0.3) is 0 Å². The average Bonchev–Trinajstić information content (AvgIpc) is 2.64. The lowest BCUT2D eigenvalue weighted by atomic mass is 10.1. The average molecular weight is 216 g/mol. The topological polar surface area (TPSA) is 46.5 Å². The Morgan fingerprint density at radius 1 is 1.77 bits per heavy atom. The van der Waals surface area contributed by atoms with Gasteiger partial charge in [-0.15, -0.1) is 0 Å². The molecule has 13 heavy (non-hydrogen) atoms. The second kappa shape index (κ2) is 3.42. The third-order valence-corrected chi connectivity index (χ3v) is 4.15. The highest BCUT2D eigenvalue weighted by atomic mass is 32.2. The fourth-order valence-electron chi connectivity index (χ4n) is 1.61. The van der Waals surface area contributed by atoms with E-state index in [4.69, 9.17) is 12.2 Å². The predicted octanol–water partition coefficient (Wildman–Crippen LogP) is 1.62. The maximum Gasteiger partial charge on any atom is 0.238 e. The number of aromatic amines is 1. The van der Waals surface area contributed by atoms with E-state index in [9.17, 15) is 0 Å². The monoisotopic (exact) mass is 216 g/mol. The number of nitrogens with zero attached hydrogens (tertiary/aromatic N) is 3. The third-order valence-electron chi connectivity index (χ3n) is 2.32. The van der Waals surface area contributed by atoms with E-state index in [-0.39, 0.29) is 0 Å². The minimum absolute atomic E-state index is 0.312. The summed E-state index contributed by atoms with van der Waals surface area (Å²) in [5.41, 5.74) is 0. The molecule has 1 aromatic heterocycles. The first-order chi connectivity index (χ1) is 6.20. The summed E-state index contributed by atoms with van der Waals surface area (Å²) in [6, 6.07) is 0. The third kappa shape index (κ3) is 1.94. The molecule has 0 aliphatic carbocycles. The highest BCUT2D eigenvalue weighted by Gasteiger charge is 2.30. The van der Waals surface area contributed by atoms with Crippen LogP contribution in [0.3, 0.4) is 0 Å². The van der Waals surface area contributed by atoms with Gasteiger partial charge in [-0.05, 0) is 37.7 Å². The van der Waals surface area contributed by atoms with Crippen molar-refractivity contribution in [3.8, 4) is 0 Å². The summed E-state index contributed by atoms with van der Waals surface area (Å²) in [4.78, 5) is 0. The molecule has 1 N–H and O–H groups in total. The fourth-order valence-corrected chi connectivity index (χ4v) is 3.05. The molecule has 1 aromatic rings. The Morgan fingerprint density at radius 2 is 2.62 bits per heavy atom. The molecule has 1 atom stereocenters. The maximum absolute atomic E-state index is 5.02. The molecule has 1 unspecified atom stereocenters. The van der Waals surface area contributed by atoms with Gasteiger partial charge >= 0.3 is 0 Å². The Hall–Kier alpha value is -0.360.